The highest BCUT2D eigenvalue weighted by Crippen LogP contribution is 2.24. The molecule has 0 radical (unpaired) electrons. The molecule has 4 atom stereocenters. The number of H-pyrrole nitrogens is 1. The Bertz CT molecular complexity index is 1220. The van der Waals surface area contributed by atoms with Gasteiger partial charge in [0.15, 0.2) is 12.1 Å². The van der Waals surface area contributed by atoms with Gasteiger partial charge in [-0.15, -0.1) is 0 Å². The maximum Gasteiger partial charge on any atom is 0.332 e. The van der Waals surface area contributed by atoms with E-state index in [1.165, 1.54) is 6.92 Å². The lowest BCUT2D eigenvalue weighted by Gasteiger charge is -2.29. The lowest BCUT2D eigenvalue weighted by Crippen LogP contribution is -2.47. The second-order valence-corrected chi connectivity index (χ2v) is 9.49. The first-order valence-electron chi connectivity index (χ1n) is 12.1. The van der Waals surface area contributed by atoms with E-state index >= 15 is 0 Å². The van der Waals surface area contributed by atoms with Gasteiger partial charge in [0.25, 0.3) is 11.5 Å². The zero-order valence-corrected chi connectivity index (χ0v) is 21.5. The second kappa shape index (κ2) is 11.9. The smallest absolute Gasteiger partial charge is 0.332 e. The number of carbonyl (C=O) groups excluding carboxylic acids is 4. The number of pyridine rings is 1. The summed E-state index contributed by atoms with van der Waals surface area (Å²) in [5, 5.41) is 2.44. The number of aryl methyl sites for hydroxylation is 2. The molecule has 3 rings (SSSR count). The normalized spacial score (nSPS) is 22.2. The van der Waals surface area contributed by atoms with Gasteiger partial charge in [-0.2, -0.15) is 0 Å². The number of benzene rings is 1. The number of cyclic esters (lactones) is 2. The highest BCUT2D eigenvalue weighted by Gasteiger charge is 2.42. The van der Waals surface area contributed by atoms with Gasteiger partial charge in [-0.05, 0) is 44.4 Å². The number of nitrogens with one attached hydrogen (secondary N) is 2. The van der Waals surface area contributed by atoms with E-state index in [2.05, 4.69) is 10.3 Å². The molecule has 1 amide bonds. The Kier molecular flexibility index (Phi) is 8.86. The maximum absolute atomic E-state index is 13.2. The molecule has 2 heterocycles. The van der Waals surface area contributed by atoms with Crippen LogP contribution >= 0.6 is 0 Å². The standard InChI is InChI=1S/C27H32N2O8/c1-14(2)25(32)37-22-17(5)36-27(34)20(29-24(31)21-15(3)11-16(4)28-23(21)30)13-35-26(33)19(22)12-18-9-7-6-8-10-18/h6-11,14,17,19-20,22H,12-13H2,1-5H3,(H,28,30)(H,29,31)/t17-,19+,20-,22-/m0/s1. The predicted molar refractivity (Wildman–Crippen MR) is 133 cm³/mol. The lowest BCUT2D eigenvalue weighted by molar-refractivity contribution is -0.176. The third kappa shape index (κ3) is 6.84. The van der Waals surface area contributed by atoms with Crippen LogP contribution < -0.4 is 10.9 Å². The summed E-state index contributed by atoms with van der Waals surface area (Å²) in [5.41, 5.74) is 1.02. The molecule has 10 heteroatoms. The van der Waals surface area contributed by atoms with Gasteiger partial charge in [-0.25, -0.2) is 4.79 Å². The van der Waals surface area contributed by atoms with Crippen molar-refractivity contribution in [3.63, 3.8) is 0 Å². The van der Waals surface area contributed by atoms with Gasteiger partial charge in [0.2, 0.25) is 0 Å². The van der Waals surface area contributed by atoms with Crippen LogP contribution in [-0.4, -0.2) is 53.7 Å². The third-order valence-electron chi connectivity index (χ3n) is 6.06. The molecule has 0 aliphatic carbocycles. The number of rotatable bonds is 6. The first-order valence-corrected chi connectivity index (χ1v) is 12.1. The van der Waals surface area contributed by atoms with Crippen LogP contribution in [-0.2, 0) is 35.0 Å². The Labute approximate surface area is 214 Å². The van der Waals surface area contributed by atoms with Crippen molar-refractivity contribution >= 4 is 23.8 Å². The Balaban J connectivity index is 1.89. The number of ether oxygens (including phenoxy) is 3. The summed E-state index contributed by atoms with van der Waals surface area (Å²) in [6.45, 7) is 7.58. The minimum atomic E-state index is -1.38. The SMILES string of the molecule is Cc1cc(C)c(C(=O)N[C@H]2COC(=O)[C@H](Cc3ccccc3)[C@@H](OC(=O)C(C)C)[C@H](C)OC2=O)c(=O)[nH]1. The number of aromatic amines is 1. The van der Waals surface area contributed by atoms with Crippen LogP contribution in [0.3, 0.4) is 0 Å². The van der Waals surface area contributed by atoms with Crippen LogP contribution in [0.4, 0.5) is 0 Å². The molecule has 1 aromatic carbocycles. The van der Waals surface area contributed by atoms with Crippen molar-refractivity contribution in [1.82, 2.24) is 10.3 Å². The van der Waals surface area contributed by atoms with E-state index in [4.69, 9.17) is 14.2 Å². The topological polar surface area (TPSA) is 141 Å². The minimum absolute atomic E-state index is 0.164. The van der Waals surface area contributed by atoms with Crippen LogP contribution in [0, 0.1) is 25.7 Å². The van der Waals surface area contributed by atoms with E-state index in [-0.39, 0.29) is 12.0 Å². The largest absolute Gasteiger partial charge is 0.463 e. The van der Waals surface area contributed by atoms with Crippen LogP contribution in [0.2, 0.25) is 0 Å². The summed E-state index contributed by atoms with van der Waals surface area (Å²) in [6, 6.07) is 9.35. The van der Waals surface area contributed by atoms with Crippen molar-refractivity contribution in [2.45, 2.75) is 59.3 Å². The molecule has 10 nitrogen and oxygen atoms in total. The quantitative estimate of drug-likeness (QED) is 0.442. The van der Waals surface area contributed by atoms with Crippen LogP contribution in [0.5, 0.6) is 0 Å². The number of hydrogen-bond donors (Lipinski definition) is 2. The molecule has 1 aliphatic rings. The van der Waals surface area contributed by atoms with Gasteiger partial charge in [0, 0.05) is 5.69 Å². The monoisotopic (exact) mass is 512 g/mol. The summed E-state index contributed by atoms with van der Waals surface area (Å²) in [6.07, 6.45) is -1.98. The number of carbonyl (C=O) groups is 4. The predicted octanol–water partition coefficient (Wildman–Crippen LogP) is 2.01. The summed E-state index contributed by atoms with van der Waals surface area (Å²) < 4.78 is 16.6. The highest BCUT2D eigenvalue weighted by atomic mass is 16.6. The molecule has 1 saturated heterocycles. The average molecular weight is 513 g/mol. The van der Waals surface area contributed by atoms with Crippen molar-refractivity contribution in [1.29, 1.82) is 0 Å². The highest BCUT2D eigenvalue weighted by molar-refractivity contribution is 5.97. The molecule has 37 heavy (non-hydrogen) atoms. The molecule has 1 fully saturated rings. The van der Waals surface area contributed by atoms with Gasteiger partial charge in [0.1, 0.15) is 24.2 Å². The van der Waals surface area contributed by atoms with E-state index in [0.717, 1.165) is 5.56 Å². The molecule has 0 saturated carbocycles. The number of amides is 1. The van der Waals surface area contributed by atoms with Gasteiger partial charge in [-0.1, -0.05) is 44.2 Å². The summed E-state index contributed by atoms with van der Waals surface area (Å²) in [4.78, 5) is 66.5. The molecule has 0 bridgehead atoms. The van der Waals surface area contributed by atoms with Gasteiger partial charge in [-0.3, -0.25) is 19.2 Å². The van der Waals surface area contributed by atoms with Crippen LogP contribution in [0.25, 0.3) is 0 Å². The minimum Gasteiger partial charge on any atom is -0.463 e. The summed E-state index contributed by atoms with van der Waals surface area (Å²) >= 11 is 0. The Morgan fingerprint density at radius 3 is 2.41 bits per heavy atom. The fourth-order valence-corrected chi connectivity index (χ4v) is 4.12. The number of aromatic nitrogens is 1. The summed E-state index contributed by atoms with van der Waals surface area (Å²) in [5.74, 6) is -4.42. The molecular formula is C27H32N2O8. The van der Waals surface area contributed by atoms with Gasteiger partial charge < -0.3 is 24.5 Å². The van der Waals surface area contributed by atoms with Crippen molar-refractivity contribution in [3.05, 3.63) is 69.1 Å². The van der Waals surface area contributed by atoms with Crippen LogP contribution in [0.1, 0.15) is 48.0 Å². The van der Waals surface area contributed by atoms with E-state index in [1.54, 1.807) is 33.8 Å². The van der Waals surface area contributed by atoms with E-state index < -0.39 is 66.1 Å². The van der Waals surface area contributed by atoms with E-state index in [9.17, 15) is 24.0 Å². The van der Waals surface area contributed by atoms with E-state index in [1.807, 2.05) is 30.3 Å². The third-order valence-corrected chi connectivity index (χ3v) is 6.06. The average Bonchev–Trinajstić information content (AvgIpc) is 2.85. The molecule has 0 unspecified atom stereocenters. The Morgan fingerprint density at radius 2 is 1.78 bits per heavy atom. The molecule has 198 valence electrons. The molecule has 1 aliphatic heterocycles. The van der Waals surface area contributed by atoms with Crippen LogP contribution in [0.15, 0.2) is 41.2 Å². The van der Waals surface area contributed by atoms with Crippen molar-refractivity contribution in [2.24, 2.45) is 11.8 Å². The molecular weight excluding hydrogens is 480 g/mol. The maximum atomic E-state index is 13.2. The zero-order valence-electron chi connectivity index (χ0n) is 21.5. The number of hydrogen-bond acceptors (Lipinski definition) is 8. The Morgan fingerprint density at radius 1 is 1.11 bits per heavy atom. The molecule has 2 N–H and O–H groups in total. The molecule has 2 aromatic rings. The van der Waals surface area contributed by atoms with Crippen molar-refractivity contribution < 1.29 is 33.4 Å². The van der Waals surface area contributed by atoms with Gasteiger partial charge >= 0.3 is 17.9 Å². The fourth-order valence-electron chi connectivity index (χ4n) is 4.12. The first-order chi connectivity index (χ1) is 17.5. The van der Waals surface area contributed by atoms with E-state index in [0.29, 0.717) is 11.3 Å². The van der Waals surface area contributed by atoms with Crippen molar-refractivity contribution in [2.75, 3.05) is 6.61 Å². The van der Waals surface area contributed by atoms with Gasteiger partial charge in [0.05, 0.1) is 5.92 Å². The second-order valence-electron chi connectivity index (χ2n) is 9.49. The fraction of sp³-hybridized carbons (Fsp3) is 0.444. The molecule has 0 spiro atoms. The number of esters is 3. The first kappa shape index (κ1) is 27.6. The van der Waals surface area contributed by atoms with Crippen molar-refractivity contribution in [3.8, 4) is 0 Å². The Hall–Kier alpha value is -3.95. The summed E-state index contributed by atoms with van der Waals surface area (Å²) in [7, 11) is 0. The lowest BCUT2D eigenvalue weighted by atomic mass is 9.91. The molecule has 1 aromatic heterocycles. The zero-order chi connectivity index (χ0) is 27.3.